The van der Waals surface area contributed by atoms with E-state index in [9.17, 15) is 0 Å². The molecule has 0 atom stereocenters. The Morgan fingerprint density at radius 3 is 2.38 bits per heavy atom. The molecule has 1 fully saturated rings. The van der Waals surface area contributed by atoms with Crippen LogP contribution in [0.5, 0.6) is 0 Å². The van der Waals surface area contributed by atoms with Crippen LogP contribution in [0, 0.1) is 0 Å². The molecule has 0 aromatic heterocycles. The van der Waals surface area contributed by atoms with E-state index in [2.05, 4.69) is 20.9 Å². The fourth-order valence-electron chi connectivity index (χ4n) is 1.86. The first-order valence-electron chi connectivity index (χ1n) is 6.48. The van der Waals surface area contributed by atoms with Gasteiger partial charge >= 0.3 is 0 Å². The second-order valence-corrected chi connectivity index (χ2v) is 4.23. The van der Waals surface area contributed by atoms with Gasteiger partial charge in [0.25, 0.3) is 0 Å². The molecule has 0 aromatic carbocycles. The van der Waals surface area contributed by atoms with E-state index in [1.165, 1.54) is 26.1 Å². The molecule has 1 rings (SSSR count). The number of nitrogens with one attached hydrogen (secondary N) is 3. The van der Waals surface area contributed by atoms with Gasteiger partial charge in [-0.25, -0.2) is 0 Å². The summed E-state index contributed by atoms with van der Waals surface area (Å²) < 4.78 is 0. The third-order valence-corrected chi connectivity index (χ3v) is 2.84. The Morgan fingerprint density at radius 2 is 1.69 bits per heavy atom. The zero-order valence-corrected chi connectivity index (χ0v) is 10.3. The Hall–Kier alpha value is -0.200. The number of nitrogens with two attached hydrogens (primary N) is 1. The molecular formula is C11H27N5. The minimum atomic E-state index is 0.733. The zero-order valence-electron chi connectivity index (χ0n) is 10.3. The van der Waals surface area contributed by atoms with E-state index in [0.29, 0.717) is 0 Å². The van der Waals surface area contributed by atoms with Crippen molar-refractivity contribution in [3.05, 3.63) is 0 Å². The zero-order chi connectivity index (χ0) is 11.5. The lowest BCUT2D eigenvalue weighted by atomic mass is 10.3. The second kappa shape index (κ2) is 9.99. The lowest BCUT2D eigenvalue weighted by molar-refractivity contribution is 0.241. The minimum absolute atomic E-state index is 0.733. The molecule has 96 valence electrons. The molecule has 0 spiro atoms. The third-order valence-electron chi connectivity index (χ3n) is 2.84. The van der Waals surface area contributed by atoms with Gasteiger partial charge in [0, 0.05) is 52.4 Å². The van der Waals surface area contributed by atoms with Gasteiger partial charge in [-0.2, -0.15) is 0 Å². The quantitative estimate of drug-likeness (QED) is 0.359. The van der Waals surface area contributed by atoms with Gasteiger partial charge in [-0.1, -0.05) is 0 Å². The molecule has 0 unspecified atom stereocenters. The van der Waals surface area contributed by atoms with E-state index in [-0.39, 0.29) is 0 Å². The van der Waals surface area contributed by atoms with Gasteiger partial charge in [0.2, 0.25) is 0 Å². The number of hydrogen-bond donors (Lipinski definition) is 4. The number of nitrogens with zero attached hydrogens (tertiary/aromatic N) is 1. The molecule has 5 nitrogen and oxygen atoms in total. The van der Waals surface area contributed by atoms with E-state index in [1.54, 1.807) is 0 Å². The summed E-state index contributed by atoms with van der Waals surface area (Å²) >= 11 is 0. The van der Waals surface area contributed by atoms with Crippen molar-refractivity contribution in [2.75, 3.05) is 65.4 Å². The molecule has 0 amide bonds. The molecule has 0 aromatic rings. The van der Waals surface area contributed by atoms with Crippen LogP contribution >= 0.6 is 0 Å². The maximum absolute atomic E-state index is 5.38. The van der Waals surface area contributed by atoms with Crippen molar-refractivity contribution in [2.24, 2.45) is 5.73 Å². The first kappa shape index (κ1) is 13.9. The Labute approximate surface area is 99.1 Å². The van der Waals surface area contributed by atoms with Crippen LogP contribution in [0.3, 0.4) is 0 Å². The summed E-state index contributed by atoms with van der Waals surface area (Å²) in [4.78, 5) is 2.51. The van der Waals surface area contributed by atoms with Crippen LogP contribution in [0.25, 0.3) is 0 Å². The molecule has 1 heterocycles. The molecule has 0 saturated carbocycles. The van der Waals surface area contributed by atoms with Crippen LogP contribution in [0.4, 0.5) is 0 Å². The molecule has 1 saturated heterocycles. The first-order chi connectivity index (χ1) is 7.93. The molecule has 0 aliphatic carbocycles. The van der Waals surface area contributed by atoms with Crippen molar-refractivity contribution in [3.63, 3.8) is 0 Å². The molecule has 1 aliphatic rings. The van der Waals surface area contributed by atoms with Crippen LogP contribution in [0.15, 0.2) is 0 Å². The maximum atomic E-state index is 5.38. The van der Waals surface area contributed by atoms with Crippen molar-refractivity contribution in [1.29, 1.82) is 0 Å². The standard InChI is InChI=1S/C11H27N5/c12-2-5-13-3-1-4-14-6-9-16-10-7-15-8-11-16/h13-15H,1-12H2. The Bertz CT molecular complexity index is 147. The van der Waals surface area contributed by atoms with Crippen molar-refractivity contribution in [1.82, 2.24) is 20.9 Å². The molecule has 1 aliphatic heterocycles. The van der Waals surface area contributed by atoms with Gasteiger partial charge in [-0.05, 0) is 19.5 Å². The fourth-order valence-corrected chi connectivity index (χ4v) is 1.86. The summed E-state index contributed by atoms with van der Waals surface area (Å²) in [6, 6.07) is 0. The summed E-state index contributed by atoms with van der Waals surface area (Å²) in [5.74, 6) is 0. The first-order valence-corrected chi connectivity index (χ1v) is 6.48. The Balaban J connectivity index is 1.77. The van der Waals surface area contributed by atoms with Crippen molar-refractivity contribution in [3.8, 4) is 0 Å². The average Bonchev–Trinajstić information content (AvgIpc) is 2.34. The molecule has 0 bridgehead atoms. The van der Waals surface area contributed by atoms with E-state index in [1.807, 2.05) is 0 Å². The van der Waals surface area contributed by atoms with Gasteiger partial charge in [-0.15, -0.1) is 0 Å². The highest BCUT2D eigenvalue weighted by Crippen LogP contribution is 1.89. The summed E-state index contributed by atoms with van der Waals surface area (Å²) in [7, 11) is 0. The van der Waals surface area contributed by atoms with Crippen LogP contribution in [0.1, 0.15) is 6.42 Å². The monoisotopic (exact) mass is 229 g/mol. The molecule has 0 radical (unpaired) electrons. The highest BCUT2D eigenvalue weighted by Gasteiger charge is 2.07. The van der Waals surface area contributed by atoms with Gasteiger partial charge in [-0.3, -0.25) is 4.90 Å². The van der Waals surface area contributed by atoms with Gasteiger partial charge in [0.15, 0.2) is 0 Å². The lowest BCUT2D eigenvalue weighted by Gasteiger charge is -2.27. The van der Waals surface area contributed by atoms with E-state index >= 15 is 0 Å². The van der Waals surface area contributed by atoms with Crippen molar-refractivity contribution < 1.29 is 0 Å². The fraction of sp³-hybridized carbons (Fsp3) is 1.00. The second-order valence-electron chi connectivity index (χ2n) is 4.23. The molecular weight excluding hydrogens is 202 g/mol. The Morgan fingerprint density at radius 1 is 1.00 bits per heavy atom. The number of piperazine rings is 1. The van der Waals surface area contributed by atoms with Crippen molar-refractivity contribution in [2.45, 2.75) is 6.42 Å². The molecule has 5 N–H and O–H groups in total. The molecule has 16 heavy (non-hydrogen) atoms. The van der Waals surface area contributed by atoms with Crippen LogP contribution < -0.4 is 21.7 Å². The number of hydrogen-bond acceptors (Lipinski definition) is 5. The summed E-state index contributed by atoms with van der Waals surface area (Å²) in [6.07, 6.45) is 1.18. The predicted molar refractivity (Wildman–Crippen MR) is 68.7 cm³/mol. The number of rotatable bonds is 9. The van der Waals surface area contributed by atoms with E-state index in [4.69, 9.17) is 5.73 Å². The normalized spacial score (nSPS) is 17.8. The van der Waals surface area contributed by atoms with Crippen LogP contribution in [-0.4, -0.2) is 70.3 Å². The van der Waals surface area contributed by atoms with Gasteiger partial charge in [0.05, 0.1) is 0 Å². The highest BCUT2D eigenvalue weighted by atomic mass is 15.2. The van der Waals surface area contributed by atoms with Crippen LogP contribution in [0.2, 0.25) is 0 Å². The maximum Gasteiger partial charge on any atom is 0.0108 e. The highest BCUT2D eigenvalue weighted by molar-refractivity contribution is 4.68. The summed E-state index contributed by atoms with van der Waals surface area (Å²) in [6.45, 7) is 10.8. The van der Waals surface area contributed by atoms with Gasteiger partial charge < -0.3 is 21.7 Å². The smallest absolute Gasteiger partial charge is 0.0108 e. The largest absolute Gasteiger partial charge is 0.329 e. The topological polar surface area (TPSA) is 65.3 Å². The summed E-state index contributed by atoms with van der Waals surface area (Å²) in [5, 5.41) is 10.1. The Kier molecular flexibility index (Phi) is 8.65. The van der Waals surface area contributed by atoms with Crippen LogP contribution in [-0.2, 0) is 0 Å². The third kappa shape index (κ3) is 7.14. The lowest BCUT2D eigenvalue weighted by Crippen LogP contribution is -2.45. The average molecular weight is 229 g/mol. The molecule has 5 heteroatoms. The predicted octanol–water partition coefficient (Wildman–Crippen LogP) is -1.58. The van der Waals surface area contributed by atoms with Crippen molar-refractivity contribution >= 4 is 0 Å². The SMILES string of the molecule is NCCNCCCNCCN1CCNCC1. The van der Waals surface area contributed by atoms with Gasteiger partial charge in [0.1, 0.15) is 0 Å². The van der Waals surface area contributed by atoms with E-state index in [0.717, 1.165) is 45.8 Å². The summed E-state index contributed by atoms with van der Waals surface area (Å²) in [5.41, 5.74) is 5.38. The van der Waals surface area contributed by atoms with E-state index < -0.39 is 0 Å². The minimum Gasteiger partial charge on any atom is -0.329 e.